The Morgan fingerprint density at radius 1 is 1.25 bits per heavy atom. The van der Waals surface area contributed by atoms with Crippen LogP contribution >= 0.6 is 0 Å². The molecule has 1 fully saturated rings. The number of guanidine groups is 1. The van der Waals surface area contributed by atoms with E-state index >= 15 is 0 Å². The summed E-state index contributed by atoms with van der Waals surface area (Å²) in [5.74, 6) is 0.739. The SMILES string of the molecule is CCNC(=NCC1CCN(S(=O)(=O)C(F)(F)F)CC1)NCCN(C)C(C)CC. The molecule has 166 valence electrons. The van der Waals surface area contributed by atoms with Crippen LogP contribution < -0.4 is 10.6 Å². The molecule has 1 aliphatic rings. The number of piperidine rings is 1. The second-order valence-corrected chi connectivity index (χ2v) is 9.11. The van der Waals surface area contributed by atoms with Gasteiger partial charge in [-0.1, -0.05) is 6.92 Å². The van der Waals surface area contributed by atoms with Crippen molar-refractivity contribution in [2.75, 3.05) is 46.3 Å². The first-order chi connectivity index (χ1) is 13.0. The van der Waals surface area contributed by atoms with E-state index in [9.17, 15) is 21.6 Å². The van der Waals surface area contributed by atoms with E-state index in [1.165, 1.54) is 0 Å². The van der Waals surface area contributed by atoms with Gasteiger partial charge in [0.05, 0.1) is 0 Å². The van der Waals surface area contributed by atoms with Crippen LogP contribution in [0.3, 0.4) is 0 Å². The first kappa shape index (κ1) is 25.0. The third-order valence-corrected chi connectivity index (χ3v) is 6.79. The number of aliphatic imine (C=N–C) groups is 1. The van der Waals surface area contributed by atoms with E-state index in [4.69, 9.17) is 0 Å². The summed E-state index contributed by atoms with van der Waals surface area (Å²) < 4.78 is 61.3. The minimum absolute atomic E-state index is 0.0675. The highest BCUT2D eigenvalue weighted by atomic mass is 32.2. The predicted molar refractivity (Wildman–Crippen MR) is 106 cm³/mol. The van der Waals surface area contributed by atoms with Crippen molar-refractivity contribution in [3.63, 3.8) is 0 Å². The minimum Gasteiger partial charge on any atom is -0.357 e. The number of alkyl halides is 3. The smallest absolute Gasteiger partial charge is 0.357 e. The maximum atomic E-state index is 12.6. The van der Waals surface area contributed by atoms with Crippen LogP contribution in [-0.2, 0) is 10.0 Å². The zero-order chi connectivity index (χ0) is 21.4. The third-order valence-electron chi connectivity index (χ3n) is 5.16. The number of nitrogens with one attached hydrogen (secondary N) is 2. The van der Waals surface area contributed by atoms with E-state index in [-0.39, 0.29) is 19.0 Å². The van der Waals surface area contributed by atoms with Gasteiger partial charge < -0.3 is 15.5 Å². The van der Waals surface area contributed by atoms with E-state index in [2.05, 4.69) is 41.4 Å². The molecule has 0 amide bonds. The van der Waals surface area contributed by atoms with Gasteiger partial charge >= 0.3 is 15.5 Å². The number of likely N-dealkylation sites (N-methyl/N-ethyl adjacent to an activating group) is 1. The summed E-state index contributed by atoms with van der Waals surface area (Å²) in [5, 5.41) is 6.42. The molecule has 1 rings (SSSR count). The van der Waals surface area contributed by atoms with E-state index in [0.29, 0.717) is 42.2 Å². The Kier molecular flexibility index (Phi) is 9.99. The summed E-state index contributed by atoms with van der Waals surface area (Å²) in [6, 6.07) is 0.500. The normalized spacial score (nSPS) is 19.1. The van der Waals surface area contributed by atoms with Gasteiger partial charge in [-0.05, 0) is 46.1 Å². The lowest BCUT2D eigenvalue weighted by Gasteiger charge is -2.31. The molecule has 1 saturated heterocycles. The van der Waals surface area contributed by atoms with Crippen molar-refractivity contribution in [3.05, 3.63) is 0 Å². The molecule has 1 heterocycles. The van der Waals surface area contributed by atoms with Crippen molar-refractivity contribution in [3.8, 4) is 0 Å². The van der Waals surface area contributed by atoms with Gasteiger partial charge in [-0.25, -0.2) is 8.42 Å². The Morgan fingerprint density at radius 3 is 2.36 bits per heavy atom. The fraction of sp³-hybridized carbons (Fsp3) is 0.941. The van der Waals surface area contributed by atoms with Crippen molar-refractivity contribution in [1.29, 1.82) is 0 Å². The average Bonchev–Trinajstić information content (AvgIpc) is 2.64. The molecule has 0 aromatic carbocycles. The largest absolute Gasteiger partial charge is 0.511 e. The molecule has 1 atom stereocenters. The Labute approximate surface area is 166 Å². The Hall–Kier alpha value is -1.07. The summed E-state index contributed by atoms with van der Waals surface area (Å²) in [6.45, 7) is 8.80. The molecular formula is C17H34F3N5O2S. The van der Waals surface area contributed by atoms with Crippen LogP contribution in [0.15, 0.2) is 4.99 Å². The van der Waals surface area contributed by atoms with Crippen molar-refractivity contribution in [2.24, 2.45) is 10.9 Å². The fourth-order valence-corrected chi connectivity index (χ4v) is 3.91. The molecule has 28 heavy (non-hydrogen) atoms. The molecule has 1 unspecified atom stereocenters. The molecule has 7 nitrogen and oxygen atoms in total. The molecule has 0 aromatic heterocycles. The molecule has 0 aliphatic carbocycles. The lowest BCUT2D eigenvalue weighted by atomic mass is 9.98. The number of sulfonamides is 1. The van der Waals surface area contributed by atoms with Crippen molar-refractivity contribution in [2.45, 2.75) is 51.6 Å². The quantitative estimate of drug-likeness (QED) is 0.432. The fourth-order valence-electron chi connectivity index (χ4n) is 2.92. The molecule has 1 aliphatic heterocycles. The van der Waals surface area contributed by atoms with Gasteiger partial charge in [-0.3, -0.25) is 4.99 Å². The molecule has 0 aromatic rings. The maximum Gasteiger partial charge on any atom is 0.511 e. The summed E-state index contributed by atoms with van der Waals surface area (Å²) in [4.78, 5) is 6.78. The Morgan fingerprint density at radius 2 is 1.86 bits per heavy atom. The van der Waals surface area contributed by atoms with Crippen LogP contribution in [0.4, 0.5) is 13.2 Å². The molecule has 2 N–H and O–H groups in total. The summed E-state index contributed by atoms with van der Waals surface area (Å²) in [5.41, 5.74) is -5.23. The van der Waals surface area contributed by atoms with Crippen molar-refractivity contribution >= 4 is 16.0 Å². The molecule has 11 heteroatoms. The lowest BCUT2D eigenvalue weighted by molar-refractivity contribution is -0.0496. The van der Waals surface area contributed by atoms with Crippen LogP contribution in [0.5, 0.6) is 0 Å². The number of hydrogen-bond donors (Lipinski definition) is 2. The molecule has 0 saturated carbocycles. The summed E-state index contributed by atoms with van der Waals surface area (Å²) in [7, 11) is -3.15. The van der Waals surface area contributed by atoms with Gasteiger partial charge in [-0.15, -0.1) is 0 Å². The van der Waals surface area contributed by atoms with Crippen LogP contribution in [0.2, 0.25) is 0 Å². The van der Waals surface area contributed by atoms with Crippen LogP contribution in [-0.4, -0.2) is 81.4 Å². The van der Waals surface area contributed by atoms with Gasteiger partial charge in [0.2, 0.25) is 0 Å². The van der Waals surface area contributed by atoms with Gasteiger partial charge in [0.15, 0.2) is 5.96 Å². The topological polar surface area (TPSA) is 77.0 Å². The van der Waals surface area contributed by atoms with Gasteiger partial charge in [0.1, 0.15) is 0 Å². The van der Waals surface area contributed by atoms with Gasteiger partial charge in [0, 0.05) is 45.3 Å². The zero-order valence-corrected chi connectivity index (χ0v) is 18.0. The first-order valence-electron chi connectivity index (χ1n) is 9.81. The number of nitrogens with zero attached hydrogens (tertiary/aromatic N) is 3. The van der Waals surface area contributed by atoms with Gasteiger partial charge in [0.25, 0.3) is 0 Å². The van der Waals surface area contributed by atoms with Crippen molar-refractivity contribution < 1.29 is 21.6 Å². The van der Waals surface area contributed by atoms with E-state index in [1.807, 2.05) is 6.92 Å². The second-order valence-electron chi connectivity index (χ2n) is 7.18. The van der Waals surface area contributed by atoms with E-state index in [1.54, 1.807) is 0 Å². The lowest BCUT2D eigenvalue weighted by Crippen LogP contribution is -2.45. The monoisotopic (exact) mass is 429 g/mol. The first-order valence-corrected chi connectivity index (χ1v) is 11.3. The highest BCUT2D eigenvalue weighted by Gasteiger charge is 2.50. The van der Waals surface area contributed by atoms with Crippen molar-refractivity contribution in [1.82, 2.24) is 19.8 Å². The number of hydrogen-bond acceptors (Lipinski definition) is 4. The van der Waals surface area contributed by atoms with Crippen LogP contribution in [0.25, 0.3) is 0 Å². The summed E-state index contributed by atoms with van der Waals surface area (Å²) in [6.07, 6.45) is 1.82. The molecule has 0 bridgehead atoms. The van der Waals surface area contributed by atoms with Crippen LogP contribution in [0, 0.1) is 5.92 Å². The Bertz CT molecular complexity index is 590. The third kappa shape index (κ3) is 7.40. The predicted octanol–water partition coefficient (Wildman–Crippen LogP) is 1.83. The molecule has 0 spiro atoms. The number of rotatable bonds is 9. The van der Waals surface area contributed by atoms with E-state index < -0.39 is 15.5 Å². The highest BCUT2D eigenvalue weighted by molar-refractivity contribution is 7.90. The van der Waals surface area contributed by atoms with Crippen LogP contribution in [0.1, 0.15) is 40.0 Å². The maximum absolute atomic E-state index is 12.6. The summed E-state index contributed by atoms with van der Waals surface area (Å²) >= 11 is 0. The standard InChI is InChI=1S/C17H34F3N5O2S/c1-5-14(3)24(4)12-9-22-16(21-6-2)23-13-15-7-10-25(11-8-15)28(26,27)17(18,19)20/h14-15H,5-13H2,1-4H3,(H2,21,22,23). The zero-order valence-electron chi connectivity index (χ0n) is 17.2. The Balaban J connectivity index is 2.50. The highest BCUT2D eigenvalue weighted by Crippen LogP contribution is 2.30. The minimum atomic E-state index is -5.23. The number of halogens is 3. The molecule has 0 radical (unpaired) electrons. The molecular weight excluding hydrogens is 395 g/mol. The second kappa shape index (κ2) is 11.2. The van der Waals surface area contributed by atoms with Gasteiger partial charge in [-0.2, -0.15) is 17.5 Å². The average molecular weight is 430 g/mol. The van der Waals surface area contributed by atoms with E-state index in [0.717, 1.165) is 19.5 Å².